The van der Waals surface area contributed by atoms with Crippen molar-refractivity contribution in [3.63, 3.8) is 0 Å². The maximum atomic E-state index is 13.0. The Bertz CT molecular complexity index is 1040. The van der Waals surface area contributed by atoms with E-state index in [9.17, 15) is 20.0 Å². The lowest BCUT2D eigenvalue weighted by Gasteiger charge is -2.52. The number of nitro groups is 1. The number of piperidine rings is 1. The van der Waals surface area contributed by atoms with Crippen molar-refractivity contribution in [2.45, 2.75) is 43.7 Å². The molecule has 1 saturated heterocycles. The summed E-state index contributed by atoms with van der Waals surface area (Å²) in [6.07, 6.45) is 4.24. The lowest BCUT2D eigenvalue weighted by molar-refractivity contribution is -0.384. The molecule has 9 heteroatoms. The summed E-state index contributed by atoms with van der Waals surface area (Å²) in [7, 11) is 3.23. The maximum absolute atomic E-state index is 13.0. The number of aliphatic hydroxyl groups is 1. The first-order valence-corrected chi connectivity index (χ1v) is 11.6. The lowest BCUT2D eigenvalue weighted by atomic mass is 9.66. The molecular formula is C25H31N3O6. The van der Waals surface area contributed by atoms with Gasteiger partial charge in [0.1, 0.15) is 11.5 Å². The van der Waals surface area contributed by atoms with E-state index in [4.69, 9.17) is 9.47 Å². The van der Waals surface area contributed by atoms with E-state index in [0.717, 1.165) is 31.2 Å². The van der Waals surface area contributed by atoms with Crippen molar-refractivity contribution in [2.75, 3.05) is 32.6 Å². The van der Waals surface area contributed by atoms with E-state index < -0.39 is 10.5 Å². The van der Waals surface area contributed by atoms with E-state index in [2.05, 4.69) is 10.2 Å². The van der Waals surface area contributed by atoms with Crippen LogP contribution in [0, 0.1) is 16.0 Å². The second kappa shape index (κ2) is 9.99. The molecule has 1 aliphatic carbocycles. The maximum Gasteiger partial charge on any atom is 0.269 e. The van der Waals surface area contributed by atoms with Crippen molar-refractivity contribution < 1.29 is 24.3 Å². The number of anilines is 1. The largest absolute Gasteiger partial charge is 0.497 e. The predicted octanol–water partition coefficient (Wildman–Crippen LogP) is 3.92. The van der Waals surface area contributed by atoms with Crippen molar-refractivity contribution in [2.24, 2.45) is 5.92 Å². The van der Waals surface area contributed by atoms with E-state index in [1.54, 1.807) is 14.2 Å². The van der Waals surface area contributed by atoms with Gasteiger partial charge in [0.25, 0.3) is 5.69 Å². The van der Waals surface area contributed by atoms with Gasteiger partial charge in [0.15, 0.2) is 0 Å². The van der Waals surface area contributed by atoms with Gasteiger partial charge < -0.3 is 19.9 Å². The van der Waals surface area contributed by atoms with Gasteiger partial charge in [0, 0.05) is 41.9 Å². The molecule has 3 unspecified atom stereocenters. The highest BCUT2D eigenvalue weighted by Gasteiger charge is 2.50. The molecule has 1 aliphatic heterocycles. The zero-order valence-electron chi connectivity index (χ0n) is 19.5. The molecule has 0 bridgehead atoms. The third-order valence-corrected chi connectivity index (χ3v) is 7.14. The molecule has 2 aromatic carbocycles. The van der Waals surface area contributed by atoms with Crippen molar-refractivity contribution >= 4 is 17.3 Å². The van der Waals surface area contributed by atoms with E-state index >= 15 is 0 Å². The Balaban J connectivity index is 1.61. The number of likely N-dealkylation sites (tertiary alicyclic amines) is 1. The Kier molecular flexibility index (Phi) is 7.04. The smallest absolute Gasteiger partial charge is 0.269 e. The zero-order valence-corrected chi connectivity index (χ0v) is 19.5. The minimum absolute atomic E-state index is 0.0317. The van der Waals surface area contributed by atoms with Crippen LogP contribution in [0.3, 0.4) is 0 Å². The van der Waals surface area contributed by atoms with Crippen LogP contribution in [-0.2, 0) is 4.79 Å². The molecule has 1 amide bonds. The lowest BCUT2D eigenvalue weighted by Crippen LogP contribution is -2.56. The molecule has 4 rings (SSSR count). The Morgan fingerprint density at radius 2 is 1.94 bits per heavy atom. The molecule has 2 N–H and O–H groups in total. The number of fused-ring (bicyclic) bond motifs is 1. The van der Waals surface area contributed by atoms with Gasteiger partial charge >= 0.3 is 0 Å². The monoisotopic (exact) mass is 469 g/mol. The summed E-state index contributed by atoms with van der Waals surface area (Å²) < 4.78 is 11.1. The third kappa shape index (κ3) is 4.85. The average molecular weight is 470 g/mol. The first kappa shape index (κ1) is 24.0. The number of carbonyl (C=O) groups is 1. The normalized spacial score (nSPS) is 24.7. The number of carbonyl (C=O) groups excluding carboxylic acids is 1. The number of nitrogens with zero attached hydrogens (tertiary/aromatic N) is 2. The SMILES string of the molecule is COc1ccc(OC)c(C2C3CCCCC3(O)CCN2CC(=O)Nc2ccc([N+](=O)[O-])cc2)c1. The fraction of sp³-hybridized carbons (Fsp3) is 0.480. The van der Waals surface area contributed by atoms with Crippen LogP contribution in [0.4, 0.5) is 11.4 Å². The van der Waals surface area contributed by atoms with Gasteiger partial charge in [-0.2, -0.15) is 0 Å². The Morgan fingerprint density at radius 1 is 1.18 bits per heavy atom. The molecule has 182 valence electrons. The first-order valence-electron chi connectivity index (χ1n) is 11.6. The average Bonchev–Trinajstić information content (AvgIpc) is 2.84. The van der Waals surface area contributed by atoms with Crippen LogP contribution in [0.15, 0.2) is 42.5 Å². The number of ether oxygens (including phenoxy) is 2. The Labute approximate surface area is 198 Å². The fourth-order valence-corrected chi connectivity index (χ4v) is 5.46. The number of hydrogen-bond acceptors (Lipinski definition) is 7. The molecule has 2 aromatic rings. The Morgan fingerprint density at radius 3 is 2.62 bits per heavy atom. The molecular weight excluding hydrogens is 438 g/mol. The van der Waals surface area contributed by atoms with E-state index in [0.29, 0.717) is 30.2 Å². The summed E-state index contributed by atoms with van der Waals surface area (Å²) in [6.45, 7) is 0.681. The zero-order chi connectivity index (χ0) is 24.3. The van der Waals surface area contributed by atoms with Crippen molar-refractivity contribution in [1.29, 1.82) is 0 Å². The predicted molar refractivity (Wildman–Crippen MR) is 127 cm³/mol. The number of nitro benzene ring substituents is 1. The molecule has 2 fully saturated rings. The van der Waals surface area contributed by atoms with Crippen LogP contribution >= 0.6 is 0 Å². The van der Waals surface area contributed by atoms with E-state index in [-0.39, 0.29) is 30.1 Å². The first-order chi connectivity index (χ1) is 16.3. The molecule has 1 heterocycles. The number of nitrogens with one attached hydrogen (secondary N) is 1. The summed E-state index contributed by atoms with van der Waals surface area (Å²) in [5, 5.41) is 25.2. The van der Waals surface area contributed by atoms with E-state index in [1.807, 2.05) is 18.2 Å². The Hall–Kier alpha value is -3.17. The summed E-state index contributed by atoms with van der Waals surface area (Å²) in [6, 6.07) is 11.2. The minimum atomic E-state index is -0.775. The molecule has 9 nitrogen and oxygen atoms in total. The number of hydrogen-bond donors (Lipinski definition) is 2. The number of rotatable bonds is 7. The fourth-order valence-electron chi connectivity index (χ4n) is 5.46. The third-order valence-electron chi connectivity index (χ3n) is 7.14. The van der Waals surface area contributed by atoms with Crippen molar-refractivity contribution in [3.8, 4) is 11.5 Å². The van der Waals surface area contributed by atoms with Gasteiger partial charge in [-0.05, 0) is 49.6 Å². The molecule has 0 aromatic heterocycles. The molecule has 1 saturated carbocycles. The second-order valence-electron chi connectivity index (χ2n) is 9.08. The van der Waals surface area contributed by atoms with E-state index in [1.165, 1.54) is 24.3 Å². The summed E-state index contributed by atoms with van der Waals surface area (Å²) >= 11 is 0. The van der Waals surface area contributed by atoms with Gasteiger partial charge in [-0.3, -0.25) is 19.8 Å². The standard InChI is InChI=1S/C25H31N3O6/c1-33-19-10-11-22(34-2)20(15-19)24-21-5-3-4-12-25(21,30)13-14-27(24)16-23(29)26-17-6-8-18(9-7-17)28(31)32/h6-11,15,21,24,30H,3-5,12-14,16H2,1-2H3,(H,26,29). The highest BCUT2D eigenvalue weighted by Crippen LogP contribution is 2.51. The van der Waals surface area contributed by atoms with Crippen LogP contribution < -0.4 is 14.8 Å². The summed E-state index contributed by atoms with van der Waals surface area (Å²) in [4.78, 5) is 25.5. The van der Waals surface area contributed by atoms with Crippen LogP contribution in [0.1, 0.15) is 43.7 Å². The van der Waals surface area contributed by atoms with Gasteiger partial charge in [0.05, 0.1) is 31.3 Å². The number of non-ortho nitro benzene ring substituents is 1. The van der Waals surface area contributed by atoms with Crippen LogP contribution in [-0.4, -0.2) is 53.7 Å². The van der Waals surface area contributed by atoms with Crippen molar-refractivity contribution in [1.82, 2.24) is 4.90 Å². The van der Waals surface area contributed by atoms with Gasteiger partial charge in [-0.25, -0.2) is 0 Å². The molecule has 34 heavy (non-hydrogen) atoms. The molecule has 0 spiro atoms. The molecule has 2 aliphatic rings. The van der Waals surface area contributed by atoms with Crippen LogP contribution in [0.5, 0.6) is 11.5 Å². The molecule has 0 radical (unpaired) electrons. The number of benzene rings is 2. The summed E-state index contributed by atoms with van der Waals surface area (Å²) in [5.41, 5.74) is 0.589. The second-order valence-corrected chi connectivity index (χ2v) is 9.08. The van der Waals surface area contributed by atoms with Crippen molar-refractivity contribution in [3.05, 3.63) is 58.1 Å². The highest BCUT2D eigenvalue weighted by atomic mass is 16.6. The number of methoxy groups -OCH3 is 2. The highest BCUT2D eigenvalue weighted by molar-refractivity contribution is 5.92. The van der Waals surface area contributed by atoms with Gasteiger partial charge in [0.2, 0.25) is 5.91 Å². The summed E-state index contributed by atoms with van der Waals surface area (Å²) in [5.74, 6) is 1.13. The number of amides is 1. The van der Waals surface area contributed by atoms with Crippen LogP contribution in [0.25, 0.3) is 0 Å². The van der Waals surface area contributed by atoms with Gasteiger partial charge in [-0.1, -0.05) is 12.8 Å². The molecule has 3 atom stereocenters. The van der Waals surface area contributed by atoms with Gasteiger partial charge in [-0.15, -0.1) is 0 Å². The van der Waals surface area contributed by atoms with Crippen LogP contribution in [0.2, 0.25) is 0 Å². The minimum Gasteiger partial charge on any atom is -0.497 e. The quantitative estimate of drug-likeness (QED) is 0.467. The topological polar surface area (TPSA) is 114 Å².